The fourth-order valence-electron chi connectivity index (χ4n) is 1.78. The van der Waals surface area contributed by atoms with E-state index in [0.717, 1.165) is 4.85 Å². The van der Waals surface area contributed by atoms with Crippen LogP contribution in [-0.2, 0) is 0 Å². The SMILES string of the molecule is CN(C)C(On1nnc2cccc([N+](=O)[O-])c21)=[N+](C)C.F[P-](F)(F)(F)(F)F. The Morgan fingerprint density at radius 1 is 1.19 bits per heavy atom. The van der Waals surface area contributed by atoms with Crippen molar-refractivity contribution in [2.24, 2.45) is 0 Å². The van der Waals surface area contributed by atoms with Crippen molar-refractivity contribution in [2.45, 2.75) is 0 Å². The van der Waals surface area contributed by atoms with Gasteiger partial charge in [0.2, 0.25) is 5.52 Å². The van der Waals surface area contributed by atoms with E-state index in [2.05, 4.69) is 10.3 Å². The van der Waals surface area contributed by atoms with E-state index in [1.165, 1.54) is 6.07 Å². The molecule has 1 aromatic carbocycles. The summed E-state index contributed by atoms with van der Waals surface area (Å²) in [4.78, 5) is 19.0. The maximum absolute atomic E-state index is 11.1. The summed E-state index contributed by atoms with van der Waals surface area (Å²) in [7, 11) is -3.48. The van der Waals surface area contributed by atoms with Gasteiger partial charge >= 0.3 is 44.7 Å². The van der Waals surface area contributed by atoms with E-state index in [1.54, 1.807) is 49.8 Å². The van der Waals surface area contributed by atoms with E-state index in [1.807, 2.05) is 0 Å². The third kappa shape index (κ3) is 8.02. The molecule has 0 aliphatic carbocycles. The van der Waals surface area contributed by atoms with Crippen molar-refractivity contribution in [3.05, 3.63) is 28.3 Å². The third-order valence-electron chi connectivity index (χ3n) is 2.55. The number of aromatic nitrogens is 3. The fourth-order valence-corrected chi connectivity index (χ4v) is 1.78. The Morgan fingerprint density at radius 2 is 1.70 bits per heavy atom. The van der Waals surface area contributed by atoms with Crippen molar-refractivity contribution in [3.8, 4) is 0 Å². The molecular formula is C11H15F6N6O3P. The average molecular weight is 424 g/mol. The molecule has 0 radical (unpaired) electrons. The molecule has 0 amide bonds. The molecule has 2 rings (SSSR count). The van der Waals surface area contributed by atoms with Crippen molar-refractivity contribution in [1.29, 1.82) is 0 Å². The quantitative estimate of drug-likeness (QED) is 0.140. The van der Waals surface area contributed by atoms with Crippen molar-refractivity contribution in [1.82, 2.24) is 20.1 Å². The van der Waals surface area contributed by atoms with E-state index in [0.29, 0.717) is 11.5 Å². The van der Waals surface area contributed by atoms with Gasteiger partial charge in [0.05, 0.1) is 33.1 Å². The first-order valence-corrected chi connectivity index (χ1v) is 8.85. The van der Waals surface area contributed by atoms with Crippen molar-refractivity contribution in [2.75, 3.05) is 28.2 Å². The fraction of sp³-hybridized carbons (Fsp3) is 0.364. The minimum absolute atomic E-state index is 0.107. The van der Waals surface area contributed by atoms with E-state index >= 15 is 0 Å². The van der Waals surface area contributed by atoms with E-state index in [9.17, 15) is 35.3 Å². The molecule has 16 heteroatoms. The summed E-state index contributed by atoms with van der Waals surface area (Å²) < 4.78 is 60.9. The Morgan fingerprint density at radius 3 is 2.11 bits per heavy atom. The molecule has 27 heavy (non-hydrogen) atoms. The summed E-state index contributed by atoms with van der Waals surface area (Å²) in [6.45, 7) is 0. The molecule has 0 unspecified atom stereocenters. The van der Waals surface area contributed by atoms with Gasteiger partial charge in [0.15, 0.2) is 0 Å². The van der Waals surface area contributed by atoms with Crippen LogP contribution in [0, 0.1) is 10.1 Å². The Balaban J connectivity index is 0.000000445. The number of rotatable bonds is 2. The van der Waals surface area contributed by atoms with E-state index in [-0.39, 0.29) is 11.2 Å². The minimum atomic E-state index is -10.7. The van der Waals surface area contributed by atoms with Crippen LogP contribution in [0.2, 0.25) is 0 Å². The number of non-ortho nitro benzene ring substituents is 1. The summed E-state index contributed by atoms with van der Waals surface area (Å²) in [5.74, 6) is 0. The average Bonchev–Trinajstić information content (AvgIpc) is 2.83. The van der Waals surface area contributed by atoms with Crippen LogP contribution in [0.25, 0.3) is 11.0 Å². The Kier molecular flexibility index (Phi) is 5.36. The van der Waals surface area contributed by atoms with Gasteiger partial charge in [0.1, 0.15) is 5.52 Å². The summed E-state index contributed by atoms with van der Waals surface area (Å²) in [6.07, 6.45) is 0. The van der Waals surface area contributed by atoms with Crippen LogP contribution >= 0.6 is 7.81 Å². The van der Waals surface area contributed by atoms with Crippen LogP contribution in [-0.4, -0.2) is 63.8 Å². The molecule has 0 atom stereocenters. The Bertz CT molecular complexity index is 880. The monoisotopic (exact) mass is 424 g/mol. The molecule has 1 aromatic heterocycles. The zero-order valence-corrected chi connectivity index (χ0v) is 15.2. The first-order valence-electron chi connectivity index (χ1n) is 6.82. The molecule has 0 aliphatic rings. The number of fused-ring (bicyclic) bond motifs is 1. The van der Waals surface area contributed by atoms with Crippen LogP contribution in [0.5, 0.6) is 0 Å². The molecule has 0 saturated heterocycles. The second-order valence-corrected chi connectivity index (χ2v) is 7.40. The Labute approximate surface area is 147 Å². The van der Waals surface area contributed by atoms with Gasteiger partial charge in [-0.05, 0) is 11.3 Å². The first-order chi connectivity index (χ1) is 11.9. The van der Waals surface area contributed by atoms with Crippen LogP contribution in [0.4, 0.5) is 30.9 Å². The van der Waals surface area contributed by atoms with Gasteiger partial charge in [-0.2, -0.15) is 0 Å². The molecule has 0 saturated carbocycles. The number of hydrogen-bond acceptors (Lipinski definition) is 5. The number of nitro benzene ring substituents is 1. The van der Waals surface area contributed by atoms with Gasteiger partial charge in [0, 0.05) is 6.07 Å². The number of para-hydroxylation sites is 1. The van der Waals surface area contributed by atoms with Gasteiger partial charge in [-0.25, -0.2) is 9.48 Å². The van der Waals surface area contributed by atoms with Gasteiger partial charge < -0.3 is 0 Å². The predicted molar refractivity (Wildman–Crippen MR) is 85.1 cm³/mol. The summed E-state index contributed by atoms with van der Waals surface area (Å²) in [6, 6.07) is 5.05. The van der Waals surface area contributed by atoms with Crippen molar-refractivity contribution >= 4 is 30.6 Å². The number of nitrogens with zero attached hydrogens (tertiary/aromatic N) is 6. The van der Waals surface area contributed by atoms with Crippen molar-refractivity contribution in [3.63, 3.8) is 0 Å². The molecule has 0 N–H and O–H groups in total. The molecule has 154 valence electrons. The molecule has 0 fully saturated rings. The number of hydrogen-bond donors (Lipinski definition) is 0. The van der Waals surface area contributed by atoms with Crippen LogP contribution < -0.4 is 4.84 Å². The van der Waals surface area contributed by atoms with Gasteiger partial charge in [-0.3, -0.25) is 15.0 Å². The van der Waals surface area contributed by atoms with Crippen LogP contribution in [0.15, 0.2) is 18.2 Å². The topological polar surface area (TPSA) is 89.3 Å². The summed E-state index contributed by atoms with van der Waals surface area (Å²) in [5.41, 5.74) is 0.513. The second-order valence-electron chi connectivity index (χ2n) is 5.49. The van der Waals surface area contributed by atoms with E-state index < -0.39 is 12.7 Å². The zero-order valence-electron chi connectivity index (χ0n) is 14.4. The van der Waals surface area contributed by atoms with Gasteiger partial charge in [-0.1, -0.05) is 10.9 Å². The maximum atomic E-state index is 11.1. The molecule has 9 nitrogen and oxygen atoms in total. The first kappa shape index (κ1) is 22.3. The normalized spacial score (nSPS) is 13.7. The number of halogens is 6. The molecule has 1 heterocycles. The van der Waals surface area contributed by atoms with Gasteiger partial charge in [0.25, 0.3) is 0 Å². The molecule has 0 aliphatic heterocycles. The van der Waals surface area contributed by atoms with E-state index in [4.69, 9.17) is 4.84 Å². The standard InChI is InChI=1S/C11H15N6O3.F6P/c1-14(2)11(15(3)4)20-16-10-8(12-13-16)6-5-7-9(10)17(18)19;1-7(2,3,4,5)6/h5-7H,1-4H3;/q+1;-1. The van der Waals surface area contributed by atoms with Crippen LogP contribution in [0.3, 0.4) is 0 Å². The molecule has 2 aromatic rings. The number of nitro groups is 1. The predicted octanol–water partition coefficient (Wildman–Crippen LogP) is 3.34. The number of benzene rings is 1. The molecule has 0 spiro atoms. The summed E-state index contributed by atoms with van der Waals surface area (Å²) >= 11 is 0. The number of amidine groups is 1. The second kappa shape index (κ2) is 6.48. The summed E-state index contributed by atoms with van der Waals surface area (Å²) in [5, 5.41) is 18.7. The van der Waals surface area contributed by atoms with Crippen LogP contribution in [0.1, 0.15) is 0 Å². The third-order valence-corrected chi connectivity index (χ3v) is 2.55. The molecule has 0 bridgehead atoms. The zero-order chi connectivity index (χ0) is 21.3. The Hall–Kier alpha value is -2.70. The van der Waals surface area contributed by atoms with Gasteiger partial charge in [-0.15, -0.1) is 5.10 Å². The van der Waals surface area contributed by atoms with Crippen molar-refractivity contribution < 1.29 is 39.5 Å². The molecular weight excluding hydrogens is 409 g/mol.